The Morgan fingerprint density at radius 2 is 1.68 bits per heavy atom. The largest absolute Gasteiger partial charge is 0.499 e. The van der Waals surface area contributed by atoms with Gasteiger partial charge in [-0.3, -0.25) is 14.5 Å². The minimum atomic E-state index is -5.98. The molecule has 0 spiro atoms. The van der Waals surface area contributed by atoms with Gasteiger partial charge in [-0.15, -0.1) is 0 Å². The number of nitrogens with one attached hydrogen (secondary N) is 1. The summed E-state index contributed by atoms with van der Waals surface area (Å²) in [6.07, 6.45) is -6.99. The van der Waals surface area contributed by atoms with Crippen LogP contribution < -0.4 is 15.0 Å². The number of anilines is 1. The van der Waals surface area contributed by atoms with Crippen LogP contribution in [0.15, 0.2) is 43.0 Å². The molecule has 2 aromatic rings. The maximum Gasteiger partial charge on any atom is 0.499 e. The fraction of sp³-hybridized carbons (Fsp3) is 0.455. The summed E-state index contributed by atoms with van der Waals surface area (Å²) in [5.74, 6) is -3.09. The van der Waals surface area contributed by atoms with Crippen molar-refractivity contribution in [3.8, 4) is 5.75 Å². The first-order chi connectivity index (χ1) is 17.3. The summed E-state index contributed by atoms with van der Waals surface area (Å²) >= 11 is 5.45. The average molecular weight is 555 g/mol. The van der Waals surface area contributed by atoms with Crippen molar-refractivity contribution in [2.45, 2.75) is 49.3 Å². The second kappa shape index (κ2) is 11.1. The molecule has 1 fully saturated rings. The van der Waals surface area contributed by atoms with E-state index in [0.717, 1.165) is 18.5 Å². The normalized spacial score (nSPS) is 17.4. The standard InChI is InChI=1S/C22H21ClF6N4O4/c1-20(13-10-30-12-31-11-13,19(35)32-14-6-8-36-9-7-14)33(18(34)17(23)24)15-2-4-16(5-3-15)37-22(28,29)21(25,26)27/h2-5,10-12,14,17H,6-9H2,1H3,(H,32,35)/t17-,20+/m0/s1. The molecule has 0 saturated carbocycles. The van der Waals surface area contributed by atoms with E-state index in [9.17, 15) is 35.9 Å². The topological polar surface area (TPSA) is 93.6 Å². The molecule has 0 radical (unpaired) electrons. The van der Waals surface area contributed by atoms with Gasteiger partial charge in [0.15, 0.2) is 5.54 Å². The Labute approximate surface area is 211 Å². The maximum absolute atomic E-state index is 14.2. The first-order valence-electron chi connectivity index (χ1n) is 10.8. The highest BCUT2D eigenvalue weighted by molar-refractivity contribution is 6.32. The van der Waals surface area contributed by atoms with Gasteiger partial charge in [0, 0.05) is 42.9 Å². The van der Waals surface area contributed by atoms with Gasteiger partial charge in [0.25, 0.3) is 17.4 Å². The Hall–Kier alpha value is -3.13. The molecule has 2 atom stereocenters. The highest BCUT2D eigenvalue weighted by Crippen LogP contribution is 2.39. The second-order valence-electron chi connectivity index (χ2n) is 8.14. The first-order valence-corrected chi connectivity index (χ1v) is 11.2. The number of ether oxygens (including phenoxy) is 2. The Morgan fingerprint density at radius 1 is 1.11 bits per heavy atom. The van der Waals surface area contributed by atoms with Crippen LogP contribution in [0.2, 0.25) is 0 Å². The molecule has 15 heteroatoms. The lowest BCUT2D eigenvalue weighted by Crippen LogP contribution is -2.60. The van der Waals surface area contributed by atoms with Crippen molar-refractivity contribution in [2.24, 2.45) is 0 Å². The number of rotatable bonds is 8. The number of halogens is 7. The molecule has 1 aliphatic heterocycles. The zero-order valence-corrected chi connectivity index (χ0v) is 19.9. The monoisotopic (exact) mass is 554 g/mol. The highest BCUT2D eigenvalue weighted by Gasteiger charge is 2.61. The minimum absolute atomic E-state index is 0.0363. The molecule has 1 N–H and O–H groups in total. The molecule has 2 amide bonds. The molecular formula is C22H21ClF6N4O4. The van der Waals surface area contributed by atoms with Gasteiger partial charge in [-0.05, 0) is 44.0 Å². The van der Waals surface area contributed by atoms with Crippen LogP contribution in [0.5, 0.6) is 5.75 Å². The number of hydrogen-bond donors (Lipinski definition) is 1. The summed E-state index contributed by atoms with van der Waals surface area (Å²) in [5.41, 5.74) is -4.90. The summed E-state index contributed by atoms with van der Waals surface area (Å²) < 4.78 is 87.3. The fourth-order valence-corrected chi connectivity index (χ4v) is 3.75. The number of carbonyl (C=O) groups excluding carboxylic acids is 2. The van der Waals surface area contributed by atoms with Crippen molar-refractivity contribution in [2.75, 3.05) is 18.1 Å². The Bertz CT molecular complexity index is 1080. The third kappa shape index (κ3) is 6.24. The zero-order valence-electron chi connectivity index (χ0n) is 19.1. The van der Waals surface area contributed by atoms with Crippen LogP contribution in [0.25, 0.3) is 0 Å². The molecule has 1 aromatic carbocycles. The minimum Gasteiger partial charge on any atom is -0.426 e. The number of amides is 2. The molecule has 8 nitrogen and oxygen atoms in total. The van der Waals surface area contributed by atoms with E-state index in [1.165, 1.54) is 19.3 Å². The number of carbonyl (C=O) groups is 2. The van der Waals surface area contributed by atoms with Crippen LogP contribution in [0, 0.1) is 0 Å². The van der Waals surface area contributed by atoms with Gasteiger partial charge < -0.3 is 14.8 Å². The van der Waals surface area contributed by atoms with E-state index >= 15 is 0 Å². The molecule has 202 valence electrons. The van der Waals surface area contributed by atoms with E-state index < -0.39 is 41.0 Å². The quantitative estimate of drug-likeness (QED) is 0.390. The van der Waals surface area contributed by atoms with E-state index in [0.29, 0.717) is 43.1 Å². The fourth-order valence-electron chi connectivity index (χ4n) is 3.65. The number of nitrogens with zero attached hydrogens (tertiary/aromatic N) is 3. The summed E-state index contributed by atoms with van der Waals surface area (Å²) in [7, 11) is 0. The predicted molar refractivity (Wildman–Crippen MR) is 118 cm³/mol. The smallest absolute Gasteiger partial charge is 0.426 e. The highest BCUT2D eigenvalue weighted by atomic mass is 35.5. The summed E-state index contributed by atoms with van der Waals surface area (Å²) in [4.78, 5) is 35.0. The third-order valence-corrected chi connectivity index (χ3v) is 5.83. The van der Waals surface area contributed by atoms with Gasteiger partial charge in [0.05, 0.1) is 0 Å². The summed E-state index contributed by atoms with van der Waals surface area (Å²) in [6.45, 7) is 2.01. The lowest BCUT2D eigenvalue weighted by molar-refractivity contribution is -0.360. The van der Waals surface area contributed by atoms with Crippen LogP contribution in [-0.4, -0.2) is 59.0 Å². The van der Waals surface area contributed by atoms with Gasteiger partial charge >= 0.3 is 12.3 Å². The van der Waals surface area contributed by atoms with Crippen molar-refractivity contribution in [1.29, 1.82) is 0 Å². The van der Waals surface area contributed by atoms with Crippen LogP contribution in [-0.2, 0) is 19.9 Å². The second-order valence-corrected chi connectivity index (χ2v) is 8.53. The van der Waals surface area contributed by atoms with Crippen LogP contribution >= 0.6 is 11.6 Å². The Balaban J connectivity index is 2.05. The Kier molecular flexibility index (Phi) is 8.52. The van der Waals surface area contributed by atoms with E-state index in [-0.39, 0.29) is 17.3 Å². The average Bonchev–Trinajstić information content (AvgIpc) is 2.85. The number of hydrogen-bond acceptors (Lipinski definition) is 6. The first kappa shape index (κ1) is 28.4. The maximum atomic E-state index is 14.2. The zero-order chi connectivity index (χ0) is 27.4. The van der Waals surface area contributed by atoms with Crippen LogP contribution in [0.1, 0.15) is 25.3 Å². The van der Waals surface area contributed by atoms with Crippen molar-refractivity contribution in [3.05, 3.63) is 48.5 Å². The molecule has 0 unspecified atom stereocenters. The van der Waals surface area contributed by atoms with Gasteiger partial charge in [-0.2, -0.15) is 22.0 Å². The molecule has 1 saturated heterocycles. The predicted octanol–water partition coefficient (Wildman–Crippen LogP) is 4.09. The van der Waals surface area contributed by atoms with Crippen molar-refractivity contribution in [1.82, 2.24) is 15.3 Å². The Morgan fingerprint density at radius 3 is 2.19 bits per heavy atom. The summed E-state index contributed by atoms with van der Waals surface area (Å²) in [6, 6.07) is 2.87. The van der Waals surface area contributed by atoms with E-state index in [1.54, 1.807) is 0 Å². The molecule has 1 aromatic heterocycles. The molecule has 3 rings (SSSR count). The molecule has 37 heavy (non-hydrogen) atoms. The van der Waals surface area contributed by atoms with E-state index in [4.69, 9.17) is 16.3 Å². The van der Waals surface area contributed by atoms with Crippen molar-refractivity contribution in [3.63, 3.8) is 0 Å². The van der Waals surface area contributed by atoms with Crippen LogP contribution in [0.3, 0.4) is 0 Å². The van der Waals surface area contributed by atoms with E-state index in [2.05, 4.69) is 20.0 Å². The lowest BCUT2D eigenvalue weighted by Gasteiger charge is -2.41. The molecule has 0 aliphatic carbocycles. The van der Waals surface area contributed by atoms with Gasteiger partial charge in [0.1, 0.15) is 12.1 Å². The van der Waals surface area contributed by atoms with Gasteiger partial charge in [-0.25, -0.2) is 14.4 Å². The lowest BCUT2D eigenvalue weighted by atomic mass is 9.89. The number of benzene rings is 1. The number of aromatic nitrogens is 2. The van der Waals surface area contributed by atoms with Crippen molar-refractivity contribution >= 4 is 29.1 Å². The van der Waals surface area contributed by atoms with E-state index in [1.807, 2.05) is 0 Å². The molecular weight excluding hydrogens is 534 g/mol. The van der Waals surface area contributed by atoms with Gasteiger partial charge in [0.2, 0.25) is 0 Å². The van der Waals surface area contributed by atoms with Crippen LogP contribution in [0.4, 0.5) is 32.0 Å². The van der Waals surface area contributed by atoms with Gasteiger partial charge in [-0.1, -0.05) is 11.6 Å². The third-order valence-electron chi connectivity index (χ3n) is 5.65. The molecule has 0 bridgehead atoms. The summed E-state index contributed by atoms with van der Waals surface area (Å²) in [5, 5.41) is 2.78. The SMILES string of the molecule is C[C@](C(=O)NC1CCOCC1)(c1cncnc1)N(C(=O)[C@H](F)Cl)c1ccc(OC(F)(F)C(F)(F)F)cc1. The number of alkyl halides is 7. The molecule has 2 heterocycles. The molecule has 1 aliphatic rings. The van der Waals surface area contributed by atoms with Crippen molar-refractivity contribution < 1.29 is 45.4 Å².